The van der Waals surface area contributed by atoms with Crippen LogP contribution >= 0.6 is 0 Å². The van der Waals surface area contributed by atoms with Crippen molar-refractivity contribution in [1.29, 1.82) is 0 Å². The van der Waals surface area contributed by atoms with E-state index in [0.29, 0.717) is 0 Å². The van der Waals surface area contributed by atoms with Gasteiger partial charge in [0.2, 0.25) is 0 Å². The summed E-state index contributed by atoms with van der Waals surface area (Å²) in [5.41, 5.74) is 4.48. The molecule has 0 radical (unpaired) electrons. The van der Waals surface area contributed by atoms with Gasteiger partial charge in [0.05, 0.1) is 7.11 Å². The van der Waals surface area contributed by atoms with Crippen LogP contribution in [0, 0.1) is 0 Å². The van der Waals surface area contributed by atoms with Gasteiger partial charge in [-0.1, -0.05) is 48.5 Å². The SMILES string of the molecule is COS(=O)(=O)Oc1ccc(OC(=O)OCC2c3ccccc3-c3ccccc32)cc1. The van der Waals surface area contributed by atoms with Crippen molar-refractivity contribution in [3.05, 3.63) is 83.9 Å². The molecule has 0 atom stereocenters. The lowest BCUT2D eigenvalue weighted by atomic mass is 9.98. The van der Waals surface area contributed by atoms with Crippen molar-refractivity contribution in [3.63, 3.8) is 0 Å². The summed E-state index contributed by atoms with van der Waals surface area (Å²) in [5.74, 6) is 0.145. The standard InChI is InChI=1S/C22H18O7S/c1-26-30(24,25)29-16-12-10-15(11-13-16)28-22(23)27-14-21-19-8-4-2-6-17(19)18-7-3-5-9-20(18)21/h2-13,21H,14H2,1H3. The Kier molecular flexibility index (Phi) is 5.43. The highest BCUT2D eigenvalue weighted by molar-refractivity contribution is 7.82. The van der Waals surface area contributed by atoms with Crippen LogP contribution in [0.5, 0.6) is 11.5 Å². The fourth-order valence-corrected chi connectivity index (χ4v) is 3.85. The summed E-state index contributed by atoms with van der Waals surface area (Å²) < 4.78 is 41.9. The zero-order valence-corrected chi connectivity index (χ0v) is 16.8. The van der Waals surface area contributed by atoms with Crippen molar-refractivity contribution >= 4 is 16.6 Å². The van der Waals surface area contributed by atoms with Gasteiger partial charge >= 0.3 is 16.6 Å². The van der Waals surface area contributed by atoms with E-state index < -0.39 is 16.6 Å². The van der Waals surface area contributed by atoms with Gasteiger partial charge in [0.15, 0.2) is 0 Å². The Hall–Kier alpha value is -3.36. The molecule has 0 N–H and O–H groups in total. The van der Waals surface area contributed by atoms with Gasteiger partial charge in [0, 0.05) is 5.92 Å². The second-order valence-corrected chi connectivity index (χ2v) is 7.84. The highest BCUT2D eigenvalue weighted by Gasteiger charge is 2.29. The minimum atomic E-state index is -4.11. The molecule has 0 bridgehead atoms. The number of rotatable bonds is 6. The van der Waals surface area contributed by atoms with Gasteiger partial charge in [-0.3, -0.25) is 0 Å². The van der Waals surface area contributed by atoms with Gasteiger partial charge in [-0.15, -0.1) is 0 Å². The maximum atomic E-state index is 12.2. The van der Waals surface area contributed by atoms with Gasteiger partial charge in [-0.05, 0) is 46.5 Å². The maximum absolute atomic E-state index is 12.2. The molecule has 30 heavy (non-hydrogen) atoms. The molecule has 3 aromatic carbocycles. The molecule has 3 aromatic rings. The summed E-state index contributed by atoms with van der Waals surface area (Å²) in [6, 6.07) is 21.5. The van der Waals surface area contributed by atoms with Gasteiger partial charge in [0.25, 0.3) is 0 Å². The van der Waals surface area contributed by atoms with Crippen LogP contribution in [-0.2, 0) is 19.3 Å². The van der Waals surface area contributed by atoms with Crippen LogP contribution in [0.2, 0.25) is 0 Å². The predicted molar refractivity (Wildman–Crippen MR) is 109 cm³/mol. The van der Waals surface area contributed by atoms with E-state index in [0.717, 1.165) is 29.4 Å². The van der Waals surface area contributed by atoms with Crippen LogP contribution < -0.4 is 8.92 Å². The Morgan fingerprint density at radius 2 is 1.37 bits per heavy atom. The quantitative estimate of drug-likeness (QED) is 0.429. The van der Waals surface area contributed by atoms with E-state index in [1.165, 1.54) is 24.3 Å². The lowest BCUT2D eigenvalue weighted by molar-refractivity contribution is 0.0964. The van der Waals surface area contributed by atoms with E-state index in [2.05, 4.69) is 20.5 Å². The molecule has 0 fully saturated rings. The van der Waals surface area contributed by atoms with Crippen molar-refractivity contribution in [1.82, 2.24) is 0 Å². The van der Waals surface area contributed by atoms with E-state index in [-0.39, 0.29) is 24.0 Å². The molecule has 7 nitrogen and oxygen atoms in total. The summed E-state index contributed by atoms with van der Waals surface area (Å²) in [6.07, 6.45) is -0.852. The summed E-state index contributed by atoms with van der Waals surface area (Å²) in [5, 5.41) is 0. The van der Waals surface area contributed by atoms with Gasteiger partial charge in [-0.2, -0.15) is 8.42 Å². The molecule has 0 aromatic heterocycles. The monoisotopic (exact) mass is 426 g/mol. The average molecular weight is 426 g/mol. The number of ether oxygens (including phenoxy) is 2. The fourth-order valence-electron chi connectivity index (χ4n) is 3.43. The van der Waals surface area contributed by atoms with Crippen LogP contribution in [0.1, 0.15) is 17.0 Å². The third kappa shape index (κ3) is 4.14. The lowest BCUT2D eigenvalue weighted by Crippen LogP contribution is -2.16. The number of carbonyl (C=O) groups excluding carboxylic acids is 1. The highest BCUT2D eigenvalue weighted by atomic mass is 32.3. The van der Waals surface area contributed by atoms with Crippen LogP contribution in [0.15, 0.2) is 72.8 Å². The first kappa shape index (κ1) is 19.9. The predicted octanol–water partition coefficient (Wildman–Crippen LogP) is 4.28. The normalized spacial score (nSPS) is 12.7. The smallest absolute Gasteiger partial charge is 0.433 e. The second-order valence-electron chi connectivity index (χ2n) is 6.52. The molecule has 4 rings (SSSR count). The highest BCUT2D eigenvalue weighted by Crippen LogP contribution is 2.44. The van der Waals surface area contributed by atoms with E-state index in [1.807, 2.05) is 36.4 Å². The zero-order valence-electron chi connectivity index (χ0n) is 16.0. The van der Waals surface area contributed by atoms with Crippen molar-refractivity contribution in [2.24, 2.45) is 0 Å². The fraction of sp³-hybridized carbons (Fsp3) is 0.136. The molecular formula is C22H18O7S. The maximum Gasteiger partial charge on any atom is 0.513 e. The van der Waals surface area contributed by atoms with Gasteiger partial charge in [0.1, 0.15) is 18.1 Å². The zero-order chi connectivity index (χ0) is 21.1. The number of carbonyl (C=O) groups is 1. The number of hydrogen-bond acceptors (Lipinski definition) is 7. The summed E-state index contributed by atoms with van der Waals surface area (Å²) in [4.78, 5) is 12.2. The Balaban J connectivity index is 1.40. The largest absolute Gasteiger partial charge is 0.513 e. The molecule has 0 spiro atoms. The minimum absolute atomic E-state index is 0.0248. The molecule has 1 aliphatic carbocycles. The van der Waals surface area contributed by atoms with Crippen LogP contribution in [0.3, 0.4) is 0 Å². The van der Waals surface area contributed by atoms with E-state index in [4.69, 9.17) is 9.47 Å². The Morgan fingerprint density at radius 1 is 0.833 bits per heavy atom. The first-order valence-electron chi connectivity index (χ1n) is 9.10. The Bertz CT molecular complexity index is 1120. The Morgan fingerprint density at radius 3 is 1.93 bits per heavy atom. The van der Waals surface area contributed by atoms with Crippen molar-refractivity contribution in [2.45, 2.75) is 5.92 Å². The van der Waals surface area contributed by atoms with Crippen molar-refractivity contribution in [2.75, 3.05) is 13.7 Å². The molecule has 0 unspecified atom stereocenters. The molecule has 154 valence electrons. The van der Waals surface area contributed by atoms with Gasteiger partial charge < -0.3 is 13.7 Å². The molecule has 0 saturated heterocycles. The van der Waals surface area contributed by atoms with Crippen molar-refractivity contribution < 1.29 is 31.1 Å². The molecular weight excluding hydrogens is 408 g/mol. The van der Waals surface area contributed by atoms with E-state index >= 15 is 0 Å². The third-order valence-electron chi connectivity index (χ3n) is 4.76. The Labute approximate surface area is 174 Å². The van der Waals surface area contributed by atoms with Crippen LogP contribution in [0.4, 0.5) is 4.79 Å². The van der Waals surface area contributed by atoms with Crippen molar-refractivity contribution in [3.8, 4) is 22.6 Å². The topological polar surface area (TPSA) is 88.1 Å². The summed E-state index contributed by atoms with van der Waals surface area (Å²) in [6.45, 7) is 0.139. The third-order valence-corrected chi connectivity index (χ3v) is 5.56. The first-order chi connectivity index (χ1) is 14.5. The number of hydrogen-bond donors (Lipinski definition) is 0. The first-order valence-corrected chi connectivity index (χ1v) is 10.4. The molecule has 1 aliphatic rings. The molecule has 0 saturated carbocycles. The lowest BCUT2D eigenvalue weighted by Gasteiger charge is -2.14. The molecule has 8 heteroatoms. The average Bonchev–Trinajstić information content (AvgIpc) is 3.07. The van der Waals surface area contributed by atoms with Crippen LogP contribution in [-0.4, -0.2) is 28.3 Å². The van der Waals surface area contributed by atoms with Gasteiger partial charge in [-0.25, -0.2) is 8.98 Å². The number of benzene rings is 3. The number of fused-ring (bicyclic) bond motifs is 3. The van der Waals surface area contributed by atoms with E-state index in [1.54, 1.807) is 0 Å². The molecule has 0 heterocycles. The van der Waals surface area contributed by atoms with E-state index in [9.17, 15) is 13.2 Å². The summed E-state index contributed by atoms with van der Waals surface area (Å²) in [7, 11) is -3.12. The molecule has 0 amide bonds. The molecule has 0 aliphatic heterocycles. The van der Waals surface area contributed by atoms with Crippen LogP contribution in [0.25, 0.3) is 11.1 Å². The summed E-state index contributed by atoms with van der Waals surface area (Å²) >= 11 is 0. The minimum Gasteiger partial charge on any atom is -0.433 e. The second kappa shape index (κ2) is 8.17.